The Morgan fingerprint density at radius 2 is 1.80 bits per heavy atom. The highest BCUT2D eigenvalue weighted by atomic mass is 35.5. The van der Waals surface area contributed by atoms with Crippen LogP contribution in [0.25, 0.3) is 0 Å². The van der Waals surface area contributed by atoms with Gasteiger partial charge in [0, 0.05) is 29.4 Å². The molecule has 1 fully saturated rings. The van der Waals surface area contributed by atoms with Crippen LogP contribution in [0, 0.1) is 0 Å². The lowest BCUT2D eigenvalue weighted by Crippen LogP contribution is -2.34. The second-order valence-corrected chi connectivity index (χ2v) is 8.22. The van der Waals surface area contributed by atoms with Gasteiger partial charge in [-0.05, 0) is 55.5 Å². The molecule has 1 aliphatic rings. The lowest BCUT2D eigenvalue weighted by molar-refractivity contribution is -0.121. The van der Waals surface area contributed by atoms with Crippen molar-refractivity contribution in [1.29, 1.82) is 0 Å². The summed E-state index contributed by atoms with van der Waals surface area (Å²) in [7, 11) is 0. The number of carbonyl (C=O) groups excluding carboxylic acids is 1. The molecule has 30 heavy (non-hydrogen) atoms. The van der Waals surface area contributed by atoms with Crippen molar-refractivity contribution in [1.82, 2.24) is 5.32 Å². The minimum Gasteiger partial charge on any atom is -0.478 e. The Balaban J connectivity index is 1.78. The van der Waals surface area contributed by atoms with Gasteiger partial charge < -0.3 is 15.3 Å². The summed E-state index contributed by atoms with van der Waals surface area (Å²) in [5.74, 6) is -1.07. The number of rotatable bonds is 8. The third-order valence-corrected chi connectivity index (χ3v) is 5.88. The summed E-state index contributed by atoms with van der Waals surface area (Å²) in [5.41, 5.74) is 3.11. The zero-order valence-corrected chi connectivity index (χ0v) is 18.1. The van der Waals surface area contributed by atoms with Crippen LogP contribution in [-0.4, -0.2) is 30.1 Å². The van der Waals surface area contributed by atoms with Gasteiger partial charge in [0.25, 0.3) is 0 Å². The van der Waals surface area contributed by atoms with Crippen molar-refractivity contribution in [2.75, 3.05) is 18.0 Å². The minimum atomic E-state index is -0.974. The third kappa shape index (κ3) is 5.54. The van der Waals surface area contributed by atoms with Gasteiger partial charge in [-0.2, -0.15) is 0 Å². The van der Waals surface area contributed by atoms with Gasteiger partial charge in [0.2, 0.25) is 5.91 Å². The molecule has 0 bridgehead atoms. The second kappa shape index (κ2) is 10.5. The molecule has 3 rings (SSSR count). The zero-order valence-electron chi connectivity index (χ0n) is 17.4. The SMILES string of the molecule is CCCC(NC(=O)Cc1ccc(C(=O)O)cc1)c1c(Cl)cccc1N1CCCCC1. The molecule has 6 heteroatoms. The largest absolute Gasteiger partial charge is 0.478 e. The highest BCUT2D eigenvalue weighted by molar-refractivity contribution is 6.31. The minimum absolute atomic E-state index is 0.0963. The van der Waals surface area contributed by atoms with Crippen molar-refractivity contribution >= 4 is 29.2 Å². The number of nitrogens with zero attached hydrogens (tertiary/aromatic N) is 1. The summed E-state index contributed by atoms with van der Waals surface area (Å²) in [6, 6.07) is 12.2. The maximum absolute atomic E-state index is 12.8. The number of carboxylic acids is 1. The van der Waals surface area contributed by atoms with Crippen LogP contribution in [0.3, 0.4) is 0 Å². The lowest BCUT2D eigenvalue weighted by Gasteiger charge is -2.33. The van der Waals surface area contributed by atoms with E-state index >= 15 is 0 Å². The van der Waals surface area contributed by atoms with E-state index in [1.54, 1.807) is 12.1 Å². The van der Waals surface area contributed by atoms with Crippen LogP contribution in [-0.2, 0) is 11.2 Å². The predicted molar refractivity (Wildman–Crippen MR) is 120 cm³/mol. The Morgan fingerprint density at radius 3 is 2.43 bits per heavy atom. The van der Waals surface area contributed by atoms with Gasteiger partial charge in [-0.3, -0.25) is 4.79 Å². The Kier molecular flexibility index (Phi) is 7.75. The highest BCUT2D eigenvalue weighted by Crippen LogP contribution is 2.36. The van der Waals surface area contributed by atoms with E-state index in [0.717, 1.165) is 42.7 Å². The first-order valence-corrected chi connectivity index (χ1v) is 11.0. The Bertz CT molecular complexity index is 877. The van der Waals surface area contributed by atoms with Gasteiger partial charge in [0.05, 0.1) is 18.0 Å². The zero-order chi connectivity index (χ0) is 21.5. The summed E-state index contributed by atoms with van der Waals surface area (Å²) in [6.07, 6.45) is 5.51. The maximum Gasteiger partial charge on any atom is 0.335 e. The molecule has 1 saturated heterocycles. The number of halogens is 1. The van der Waals surface area contributed by atoms with E-state index in [1.165, 1.54) is 31.4 Å². The number of anilines is 1. The van der Waals surface area contributed by atoms with Crippen LogP contribution in [0.15, 0.2) is 42.5 Å². The van der Waals surface area contributed by atoms with Gasteiger partial charge in [-0.1, -0.05) is 43.1 Å². The molecule has 0 aliphatic carbocycles. The van der Waals surface area contributed by atoms with E-state index in [1.807, 2.05) is 12.1 Å². The third-order valence-electron chi connectivity index (χ3n) is 5.55. The topological polar surface area (TPSA) is 69.6 Å². The number of aromatic carboxylic acids is 1. The Morgan fingerprint density at radius 1 is 1.10 bits per heavy atom. The van der Waals surface area contributed by atoms with E-state index < -0.39 is 5.97 Å². The molecule has 1 heterocycles. The number of hydrogen-bond donors (Lipinski definition) is 2. The van der Waals surface area contributed by atoms with Crippen LogP contribution >= 0.6 is 11.6 Å². The van der Waals surface area contributed by atoms with Crippen LogP contribution in [0.5, 0.6) is 0 Å². The molecule has 1 unspecified atom stereocenters. The number of carboxylic acid groups (broad SMARTS) is 1. The lowest BCUT2D eigenvalue weighted by atomic mass is 9.97. The summed E-state index contributed by atoms with van der Waals surface area (Å²) in [5, 5.41) is 12.9. The quantitative estimate of drug-likeness (QED) is 0.604. The molecule has 0 radical (unpaired) electrons. The van der Waals surface area contributed by atoms with Crippen molar-refractivity contribution in [3.05, 3.63) is 64.2 Å². The molecule has 160 valence electrons. The van der Waals surface area contributed by atoms with E-state index in [9.17, 15) is 9.59 Å². The molecule has 1 atom stereocenters. The van der Waals surface area contributed by atoms with Crippen molar-refractivity contribution in [3.8, 4) is 0 Å². The monoisotopic (exact) mass is 428 g/mol. The highest BCUT2D eigenvalue weighted by Gasteiger charge is 2.24. The molecule has 2 aromatic carbocycles. The van der Waals surface area contributed by atoms with Gasteiger partial charge in [0.1, 0.15) is 0 Å². The smallest absolute Gasteiger partial charge is 0.335 e. The number of benzene rings is 2. The average Bonchev–Trinajstić information content (AvgIpc) is 2.74. The summed E-state index contributed by atoms with van der Waals surface area (Å²) >= 11 is 6.64. The number of hydrogen-bond acceptors (Lipinski definition) is 3. The number of nitrogens with one attached hydrogen (secondary N) is 1. The first-order chi connectivity index (χ1) is 14.5. The fourth-order valence-electron chi connectivity index (χ4n) is 4.05. The molecule has 1 aliphatic heterocycles. The van der Waals surface area contributed by atoms with Crippen molar-refractivity contribution < 1.29 is 14.7 Å². The molecule has 5 nitrogen and oxygen atoms in total. The maximum atomic E-state index is 12.8. The second-order valence-electron chi connectivity index (χ2n) is 7.81. The molecular weight excluding hydrogens is 400 g/mol. The van der Waals surface area contributed by atoms with Crippen LogP contribution in [0.2, 0.25) is 5.02 Å². The van der Waals surface area contributed by atoms with Crippen molar-refractivity contribution in [3.63, 3.8) is 0 Å². The summed E-state index contributed by atoms with van der Waals surface area (Å²) in [6.45, 7) is 4.12. The van der Waals surface area contributed by atoms with Crippen LogP contribution in [0.1, 0.15) is 66.6 Å². The summed E-state index contributed by atoms with van der Waals surface area (Å²) < 4.78 is 0. The van der Waals surface area contributed by atoms with E-state index in [-0.39, 0.29) is 23.9 Å². The molecule has 2 aromatic rings. The van der Waals surface area contributed by atoms with Crippen LogP contribution in [0.4, 0.5) is 5.69 Å². The Labute approximate surface area is 183 Å². The Hall–Kier alpha value is -2.53. The van der Waals surface area contributed by atoms with Gasteiger partial charge in [-0.25, -0.2) is 4.79 Å². The number of carbonyl (C=O) groups is 2. The fourth-order valence-corrected chi connectivity index (χ4v) is 4.36. The molecule has 0 aromatic heterocycles. The fraction of sp³-hybridized carbons (Fsp3) is 0.417. The van der Waals surface area contributed by atoms with Crippen molar-refractivity contribution in [2.45, 2.75) is 51.5 Å². The molecular formula is C24H29ClN2O3. The number of piperidine rings is 1. The van der Waals surface area contributed by atoms with E-state index in [0.29, 0.717) is 5.02 Å². The number of amides is 1. The van der Waals surface area contributed by atoms with Gasteiger partial charge in [0.15, 0.2) is 0 Å². The van der Waals surface area contributed by atoms with Gasteiger partial charge >= 0.3 is 5.97 Å². The van der Waals surface area contributed by atoms with Crippen LogP contribution < -0.4 is 10.2 Å². The molecule has 2 N–H and O–H groups in total. The summed E-state index contributed by atoms with van der Waals surface area (Å²) in [4.78, 5) is 26.2. The molecule has 0 spiro atoms. The first-order valence-electron chi connectivity index (χ1n) is 10.6. The van der Waals surface area contributed by atoms with Gasteiger partial charge in [-0.15, -0.1) is 0 Å². The average molecular weight is 429 g/mol. The van der Waals surface area contributed by atoms with E-state index in [4.69, 9.17) is 16.7 Å². The standard InChI is InChI=1S/C24H29ClN2O3/c1-2-7-20(26-22(28)16-17-10-12-18(13-11-17)24(29)30)23-19(25)8-6-9-21(23)27-14-4-3-5-15-27/h6,8-13,20H,2-5,7,14-16H2,1H3,(H,26,28)(H,29,30). The van der Waals surface area contributed by atoms with Crippen molar-refractivity contribution in [2.24, 2.45) is 0 Å². The first kappa shape index (κ1) is 22.2. The predicted octanol–water partition coefficient (Wildman–Crippen LogP) is 5.23. The molecule has 0 saturated carbocycles. The molecule has 1 amide bonds. The van der Waals surface area contributed by atoms with E-state index in [2.05, 4.69) is 23.2 Å². The normalized spacial score (nSPS) is 14.9.